The molecule has 1 atom stereocenters. The maximum Gasteiger partial charge on any atom is 0.135 e. The lowest BCUT2D eigenvalue weighted by atomic mass is 9.99. The topological polar surface area (TPSA) is 40.4 Å². The Labute approximate surface area is 223 Å². The molecule has 37 heavy (non-hydrogen) atoms. The van der Waals surface area contributed by atoms with Crippen molar-refractivity contribution in [2.45, 2.75) is 65.0 Å². The normalized spacial score (nSPS) is 19.0. The SMILES string of the molecule is Cc1cccc(N2CCN([C@@H](CCN3CCC(n4c(C)nnc4C(C)C)CC3)c3ccccc3)CC2)c1. The van der Waals surface area contributed by atoms with E-state index in [1.54, 1.807) is 0 Å². The fraction of sp³-hybridized carbons (Fsp3) is 0.548. The molecule has 6 nitrogen and oxygen atoms in total. The molecule has 0 saturated carbocycles. The van der Waals surface area contributed by atoms with Gasteiger partial charge >= 0.3 is 0 Å². The van der Waals surface area contributed by atoms with E-state index in [9.17, 15) is 0 Å². The van der Waals surface area contributed by atoms with E-state index in [-0.39, 0.29) is 0 Å². The van der Waals surface area contributed by atoms with Gasteiger partial charge in [-0.1, -0.05) is 56.3 Å². The number of piperidine rings is 1. The monoisotopic (exact) mass is 500 g/mol. The summed E-state index contributed by atoms with van der Waals surface area (Å²) in [5, 5.41) is 8.87. The third-order valence-electron chi connectivity index (χ3n) is 8.36. The molecule has 2 aliphatic heterocycles. The smallest absolute Gasteiger partial charge is 0.135 e. The van der Waals surface area contributed by atoms with Crippen LogP contribution in [0.1, 0.15) is 73.9 Å². The summed E-state index contributed by atoms with van der Waals surface area (Å²) in [7, 11) is 0. The molecule has 0 unspecified atom stereocenters. The molecule has 5 rings (SSSR count). The van der Waals surface area contributed by atoms with E-state index in [4.69, 9.17) is 0 Å². The van der Waals surface area contributed by atoms with Crippen molar-refractivity contribution in [1.29, 1.82) is 0 Å². The fourth-order valence-corrected chi connectivity index (χ4v) is 6.29. The Kier molecular flexibility index (Phi) is 8.26. The standard InChI is InChI=1S/C31H44N6/c1-24(2)31-33-32-26(4)37(31)28-13-16-34(17-14-28)18-15-30(27-10-6-5-7-11-27)36-21-19-35(20-22-36)29-12-8-9-25(3)23-29/h5-12,23-24,28,30H,13-22H2,1-4H3/t30-/m0/s1. The lowest BCUT2D eigenvalue weighted by molar-refractivity contribution is 0.135. The summed E-state index contributed by atoms with van der Waals surface area (Å²) in [6, 6.07) is 21.1. The highest BCUT2D eigenvalue weighted by Crippen LogP contribution is 2.30. The van der Waals surface area contributed by atoms with Gasteiger partial charge in [-0.05, 0) is 62.9 Å². The molecule has 0 spiro atoms. The molecule has 0 N–H and O–H groups in total. The molecular formula is C31H44N6. The van der Waals surface area contributed by atoms with Crippen LogP contribution in [-0.2, 0) is 0 Å². The van der Waals surface area contributed by atoms with Crippen molar-refractivity contribution in [3.05, 3.63) is 77.4 Å². The van der Waals surface area contributed by atoms with E-state index in [0.29, 0.717) is 18.0 Å². The van der Waals surface area contributed by atoms with Crippen LogP contribution in [0.5, 0.6) is 0 Å². The van der Waals surface area contributed by atoms with Crippen molar-refractivity contribution in [2.75, 3.05) is 50.7 Å². The highest BCUT2D eigenvalue weighted by Gasteiger charge is 2.28. The molecular weight excluding hydrogens is 456 g/mol. The predicted molar refractivity (Wildman–Crippen MR) is 152 cm³/mol. The van der Waals surface area contributed by atoms with Crippen LogP contribution in [0.4, 0.5) is 5.69 Å². The molecule has 1 aromatic heterocycles. The van der Waals surface area contributed by atoms with E-state index in [2.05, 4.69) is 112 Å². The lowest BCUT2D eigenvalue weighted by Crippen LogP contribution is -2.48. The quantitative estimate of drug-likeness (QED) is 0.402. The molecule has 2 fully saturated rings. The molecule has 2 saturated heterocycles. The maximum absolute atomic E-state index is 4.47. The van der Waals surface area contributed by atoms with E-state index in [1.807, 2.05) is 0 Å². The van der Waals surface area contributed by atoms with Gasteiger partial charge in [-0.25, -0.2) is 0 Å². The van der Waals surface area contributed by atoms with Gasteiger partial charge < -0.3 is 14.4 Å². The van der Waals surface area contributed by atoms with Gasteiger partial charge in [-0.15, -0.1) is 10.2 Å². The number of hydrogen-bond acceptors (Lipinski definition) is 5. The van der Waals surface area contributed by atoms with Crippen LogP contribution in [0.25, 0.3) is 0 Å². The highest BCUT2D eigenvalue weighted by atomic mass is 15.3. The first-order chi connectivity index (χ1) is 18.0. The third-order valence-corrected chi connectivity index (χ3v) is 8.36. The minimum Gasteiger partial charge on any atom is -0.369 e. The van der Waals surface area contributed by atoms with Crippen molar-refractivity contribution in [1.82, 2.24) is 24.6 Å². The van der Waals surface area contributed by atoms with Gasteiger partial charge in [0.2, 0.25) is 0 Å². The first-order valence-electron chi connectivity index (χ1n) is 14.2. The molecule has 2 aromatic carbocycles. The van der Waals surface area contributed by atoms with Gasteiger partial charge in [0.05, 0.1) is 0 Å². The Balaban J connectivity index is 1.19. The molecule has 2 aliphatic rings. The number of aryl methyl sites for hydroxylation is 2. The Morgan fingerprint density at radius 2 is 1.57 bits per heavy atom. The van der Waals surface area contributed by atoms with Crippen LogP contribution in [0.3, 0.4) is 0 Å². The first kappa shape index (κ1) is 25.9. The summed E-state index contributed by atoms with van der Waals surface area (Å²) in [6.07, 6.45) is 3.55. The second-order valence-electron chi connectivity index (χ2n) is 11.3. The van der Waals surface area contributed by atoms with Crippen LogP contribution in [-0.4, -0.2) is 70.4 Å². The number of aromatic nitrogens is 3. The van der Waals surface area contributed by atoms with E-state index >= 15 is 0 Å². The number of anilines is 1. The first-order valence-corrected chi connectivity index (χ1v) is 14.2. The van der Waals surface area contributed by atoms with E-state index in [1.165, 1.54) is 36.1 Å². The van der Waals surface area contributed by atoms with Gasteiger partial charge in [-0.3, -0.25) is 4.90 Å². The van der Waals surface area contributed by atoms with E-state index in [0.717, 1.165) is 57.5 Å². The Hall–Kier alpha value is -2.70. The maximum atomic E-state index is 4.47. The number of likely N-dealkylation sites (tertiary alicyclic amines) is 1. The summed E-state index contributed by atoms with van der Waals surface area (Å²) >= 11 is 0. The number of piperazine rings is 1. The van der Waals surface area contributed by atoms with Gasteiger partial charge in [0.25, 0.3) is 0 Å². The zero-order chi connectivity index (χ0) is 25.8. The second kappa shape index (κ2) is 11.8. The number of benzene rings is 2. The highest BCUT2D eigenvalue weighted by molar-refractivity contribution is 5.48. The van der Waals surface area contributed by atoms with Crippen molar-refractivity contribution < 1.29 is 0 Å². The van der Waals surface area contributed by atoms with Crippen molar-refractivity contribution in [3.63, 3.8) is 0 Å². The average molecular weight is 501 g/mol. The summed E-state index contributed by atoms with van der Waals surface area (Å²) in [5.41, 5.74) is 4.16. The van der Waals surface area contributed by atoms with Crippen LogP contribution in [0, 0.1) is 13.8 Å². The molecule has 198 valence electrons. The summed E-state index contributed by atoms with van der Waals surface area (Å²) in [5.74, 6) is 2.62. The second-order valence-corrected chi connectivity index (χ2v) is 11.3. The number of nitrogens with zero attached hydrogens (tertiary/aromatic N) is 6. The molecule has 0 aliphatic carbocycles. The summed E-state index contributed by atoms with van der Waals surface area (Å²) in [6.45, 7) is 16.6. The van der Waals surface area contributed by atoms with Crippen molar-refractivity contribution in [3.8, 4) is 0 Å². The van der Waals surface area contributed by atoms with Crippen LogP contribution in [0.2, 0.25) is 0 Å². The largest absolute Gasteiger partial charge is 0.369 e. The van der Waals surface area contributed by atoms with Crippen molar-refractivity contribution >= 4 is 5.69 Å². The predicted octanol–water partition coefficient (Wildman–Crippen LogP) is 5.61. The van der Waals surface area contributed by atoms with E-state index < -0.39 is 0 Å². The molecule has 6 heteroatoms. The van der Waals surface area contributed by atoms with Crippen LogP contribution >= 0.6 is 0 Å². The molecule has 3 heterocycles. The van der Waals surface area contributed by atoms with Crippen LogP contribution < -0.4 is 4.90 Å². The van der Waals surface area contributed by atoms with Crippen LogP contribution in [0.15, 0.2) is 54.6 Å². The van der Waals surface area contributed by atoms with Gasteiger partial charge in [0, 0.05) is 63.0 Å². The molecule has 3 aromatic rings. The Morgan fingerprint density at radius 3 is 2.24 bits per heavy atom. The van der Waals surface area contributed by atoms with Gasteiger partial charge in [-0.2, -0.15) is 0 Å². The van der Waals surface area contributed by atoms with Gasteiger partial charge in [0.15, 0.2) is 0 Å². The number of hydrogen-bond donors (Lipinski definition) is 0. The molecule has 0 radical (unpaired) electrons. The zero-order valence-electron chi connectivity index (χ0n) is 23.2. The minimum absolute atomic E-state index is 0.414. The Bertz CT molecular complexity index is 1120. The number of rotatable bonds is 8. The third kappa shape index (κ3) is 6.07. The fourth-order valence-electron chi connectivity index (χ4n) is 6.29. The lowest BCUT2D eigenvalue weighted by Gasteiger charge is -2.41. The average Bonchev–Trinajstić information content (AvgIpc) is 3.32. The minimum atomic E-state index is 0.414. The molecule has 0 bridgehead atoms. The summed E-state index contributed by atoms with van der Waals surface area (Å²) in [4.78, 5) is 7.96. The Morgan fingerprint density at radius 1 is 0.838 bits per heavy atom. The van der Waals surface area contributed by atoms with Crippen molar-refractivity contribution in [2.24, 2.45) is 0 Å². The van der Waals surface area contributed by atoms with Gasteiger partial charge in [0.1, 0.15) is 11.6 Å². The summed E-state index contributed by atoms with van der Waals surface area (Å²) < 4.78 is 2.42. The zero-order valence-corrected chi connectivity index (χ0v) is 23.2. The molecule has 0 amide bonds.